The van der Waals surface area contributed by atoms with Crippen LogP contribution in [0.2, 0.25) is 0 Å². The number of nitrogens with one attached hydrogen (secondary N) is 1. The Balaban J connectivity index is 1.48. The fourth-order valence-corrected chi connectivity index (χ4v) is 2.89. The van der Waals surface area contributed by atoms with Crippen molar-refractivity contribution < 1.29 is 18.7 Å². The topological polar surface area (TPSA) is 58.6 Å². The van der Waals surface area contributed by atoms with Crippen LogP contribution in [-0.2, 0) is 9.53 Å². The Labute approximate surface area is 151 Å². The lowest BCUT2D eigenvalue weighted by molar-refractivity contribution is -0.138. The lowest BCUT2D eigenvalue weighted by Crippen LogP contribution is -2.43. The van der Waals surface area contributed by atoms with Crippen LogP contribution < -0.4 is 5.32 Å². The Bertz CT molecular complexity index is 749. The maximum Gasteiger partial charge on any atom is 0.251 e. The van der Waals surface area contributed by atoms with E-state index in [-0.39, 0.29) is 36.7 Å². The molecule has 0 spiro atoms. The van der Waals surface area contributed by atoms with Gasteiger partial charge in [-0.3, -0.25) is 9.59 Å². The Kier molecular flexibility index (Phi) is 5.96. The summed E-state index contributed by atoms with van der Waals surface area (Å²) >= 11 is 0. The molecule has 136 valence electrons. The highest BCUT2D eigenvalue weighted by Gasteiger charge is 2.25. The number of halogens is 1. The SMILES string of the molecule is O=C(NCCC(=O)N1CCOC(c2ccc(F)cc2)C1)c1ccccc1. The van der Waals surface area contributed by atoms with Crippen molar-refractivity contribution in [2.24, 2.45) is 0 Å². The van der Waals surface area contributed by atoms with Gasteiger partial charge in [0.05, 0.1) is 13.2 Å². The standard InChI is InChI=1S/C20H21FN2O3/c21-17-8-6-15(7-9-17)18-14-23(12-13-26-18)19(24)10-11-22-20(25)16-4-2-1-3-5-16/h1-9,18H,10-14H2,(H,22,25). The minimum Gasteiger partial charge on any atom is -0.370 e. The van der Waals surface area contributed by atoms with Crippen molar-refractivity contribution in [3.63, 3.8) is 0 Å². The number of morpholine rings is 1. The van der Waals surface area contributed by atoms with Crippen molar-refractivity contribution in [2.75, 3.05) is 26.2 Å². The monoisotopic (exact) mass is 356 g/mol. The zero-order valence-corrected chi connectivity index (χ0v) is 14.4. The lowest BCUT2D eigenvalue weighted by Gasteiger charge is -2.33. The van der Waals surface area contributed by atoms with Crippen LogP contribution in [0.1, 0.15) is 28.4 Å². The predicted octanol–water partition coefficient (Wildman–Crippen LogP) is 2.55. The minimum absolute atomic E-state index is 0.0335. The molecule has 1 aliphatic heterocycles. The van der Waals surface area contributed by atoms with Gasteiger partial charge in [0.15, 0.2) is 0 Å². The molecule has 2 aromatic rings. The first-order chi connectivity index (χ1) is 12.6. The number of carbonyl (C=O) groups is 2. The third-order valence-corrected chi connectivity index (χ3v) is 4.32. The number of nitrogens with zero attached hydrogens (tertiary/aromatic N) is 1. The molecule has 1 saturated heterocycles. The van der Waals surface area contributed by atoms with Gasteiger partial charge in [-0.2, -0.15) is 0 Å². The molecule has 0 radical (unpaired) electrons. The van der Waals surface area contributed by atoms with Gasteiger partial charge in [-0.1, -0.05) is 30.3 Å². The van der Waals surface area contributed by atoms with Crippen LogP contribution in [0.5, 0.6) is 0 Å². The number of carbonyl (C=O) groups excluding carboxylic acids is 2. The van der Waals surface area contributed by atoms with Crippen LogP contribution in [0.15, 0.2) is 54.6 Å². The van der Waals surface area contributed by atoms with Gasteiger partial charge < -0.3 is 15.0 Å². The number of rotatable bonds is 5. The van der Waals surface area contributed by atoms with E-state index in [1.165, 1.54) is 12.1 Å². The van der Waals surface area contributed by atoms with E-state index >= 15 is 0 Å². The largest absolute Gasteiger partial charge is 0.370 e. The number of benzene rings is 2. The van der Waals surface area contributed by atoms with Gasteiger partial charge in [0.2, 0.25) is 5.91 Å². The molecule has 0 aliphatic carbocycles. The molecule has 1 atom stereocenters. The fraction of sp³-hybridized carbons (Fsp3) is 0.300. The maximum atomic E-state index is 13.0. The number of hydrogen-bond donors (Lipinski definition) is 1. The van der Waals surface area contributed by atoms with Crippen molar-refractivity contribution >= 4 is 11.8 Å². The van der Waals surface area contributed by atoms with E-state index < -0.39 is 0 Å². The van der Waals surface area contributed by atoms with Crippen LogP contribution in [-0.4, -0.2) is 43.0 Å². The minimum atomic E-state index is -0.299. The van der Waals surface area contributed by atoms with Crippen LogP contribution in [0.3, 0.4) is 0 Å². The lowest BCUT2D eigenvalue weighted by atomic mass is 10.1. The summed E-state index contributed by atoms with van der Waals surface area (Å²) in [4.78, 5) is 26.1. The summed E-state index contributed by atoms with van der Waals surface area (Å²) in [5, 5.41) is 2.76. The molecular formula is C20H21FN2O3. The van der Waals surface area contributed by atoms with Gasteiger partial charge in [0.1, 0.15) is 11.9 Å². The van der Waals surface area contributed by atoms with Crippen LogP contribution in [0, 0.1) is 5.82 Å². The Morgan fingerprint density at radius 2 is 1.85 bits per heavy atom. The van der Waals surface area contributed by atoms with E-state index in [1.54, 1.807) is 41.3 Å². The Hall–Kier alpha value is -2.73. The molecule has 0 bridgehead atoms. The normalized spacial score (nSPS) is 17.0. The summed E-state index contributed by atoms with van der Waals surface area (Å²) in [6.07, 6.45) is -0.0263. The number of hydrogen-bond acceptors (Lipinski definition) is 3. The first-order valence-electron chi connectivity index (χ1n) is 8.61. The zero-order chi connectivity index (χ0) is 18.4. The van der Waals surface area contributed by atoms with Crippen molar-refractivity contribution in [2.45, 2.75) is 12.5 Å². The zero-order valence-electron chi connectivity index (χ0n) is 14.4. The van der Waals surface area contributed by atoms with Crippen LogP contribution in [0.25, 0.3) is 0 Å². The summed E-state index contributed by atoms with van der Waals surface area (Å²) in [6.45, 7) is 1.66. The van der Waals surface area contributed by atoms with Crippen molar-refractivity contribution in [1.82, 2.24) is 10.2 Å². The smallest absolute Gasteiger partial charge is 0.251 e. The highest BCUT2D eigenvalue weighted by atomic mass is 19.1. The van der Waals surface area contributed by atoms with Gasteiger partial charge in [0.25, 0.3) is 5.91 Å². The van der Waals surface area contributed by atoms with Crippen molar-refractivity contribution in [1.29, 1.82) is 0 Å². The average molecular weight is 356 g/mol. The summed E-state index contributed by atoms with van der Waals surface area (Å²) in [5.74, 6) is -0.523. The molecule has 5 nitrogen and oxygen atoms in total. The van der Waals surface area contributed by atoms with Gasteiger partial charge in [0, 0.05) is 25.1 Å². The molecule has 26 heavy (non-hydrogen) atoms. The third kappa shape index (κ3) is 4.67. The molecular weight excluding hydrogens is 335 g/mol. The molecule has 0 saturated carbocycles. The molecule has 0 aromatic heterocycles. The fourth-order valence-electron chi connectivity index (χ4n) is 2.89. The second kappa shape index (κ2) is 8.58. The van der Waals surface area contributed by atoms with Gasteiger partial charge in [-0.25, -0.2) is 4.39 Å². The molecule has 3 rings (SSSR count). The van der Waals surface area contributed by atoms with E-state index in [0.717, 1.165) is 5.56 Å². The van der Waals surface area contributed by atoms with E-state index in [4.69, 9.17) is 4.74 Å². The molecule has 2 amide bonds. The summed E-state index contributed by atoms with van der Waals surface area (Å²) in [6, 6.07) is 15.0. The quantitative estimate of drug-likeness (QED) is 0.896. The first-order valence-corrected chi connectivity index (χ1v) is 8.61. The van der Waals surface area contributed by atoms with Gasteiger partial charge in [-0.15, -0.1) is 0 Å². The summed E-state index contributed by atoms with van der Waals surface area (Å²) in [7, 11) is 0. The van der Waals surface area contributed by atoms with E-state index in [2.05, 4.69) is 5.32 Å². The molecule has 6 heteroatoms. The van der Waals surface area contributed by atoms with E-state index in [0.29, 0.717) is 25.3 Å². The predicted molar refractivity (Wildman–Crippen MR) is 95.1 cm³/mol. The average Bonchev–Trinajstić information content (AvgIpc) is 2.69. The molecule has 1 aliphatic rings. The molecule has 1 N–H and O–H groups in total. The van der Waals surface area contributed by atoms with Crippen LogP contribution in [0.4, 0.5) is 4.39 Å². The van der Waals surface area contributed by atoms with Crippen LogP contribution >= 0.6 is 0 Å². The molecule has 1 unspecified atom stereocenters. The van der Waals surface area contributed by atoms with E-state index in [1.807, 2.05) is 6.07 Å². The Morgan fingerprint density at radius 1 is 1.12 bits per heavy atom. The summed E-state index contributed by atoms with van der Waals surface area (Å²) in [5.41, 5.74) is 1.42. The molecule has 2 aromatic carbocycles. The van der Waals surface area contributed by atoms with Gasteiger partial charge in [-0.05, 0) is 29.8 Å². The highest BCUT2D eigenvalue weighted by molar-refractivity contribution is 5.94. The molecule has 1 fully saturated rings. The number of ether oxygens (including phenoxy) is 1. The molecule has 1 heterocycles. The first kappa shape index (κ1) is 18.1. The second-order valence-electron chi connectivity index (χ2n) is 6.12. The Morgan fingerprint density at radius 3 is 2.58 bits per heavy atom. The van der Waals surface area contributed by atoms with Crippen molar-refractivity contribution in [3.8, 4) is 0 Å². The number of amides is 2. The van der Waals surface area contributed by atoms with Gasteiger partial charge >= 0.3 is 0 Å². The summed E-state index contributed by atoms with van der Waals surface area (Å²) < 4.78 is 18.7. The third-order valence-electron chi connectivity index (χ3n) is 4.32. The maximum absolute atomic E-state index is 13.0. The highest BCUT2D eigenvalue weighted by Crippen LogP contribution is 2.22. The second-order valence-corrected chi connectivity index (χ2v) is 6.12. The van der Waals surface area contributed by atoms with E-state index in [9.17, 15) is 14.0 Å². The van der Waals surface area contributed by atoms with Crippen molar-refractivity contribution in [3.05, 3.63) is 71.5 Å².